The second-order valence-electron chi connectivity index (χ2n) is 8.78. The molecule has 0 radical (unpaired) electrons. The summed E-state index contributed by atoms with van der Waals surface area (Å²) in [6.07, 6.45) is -4.05. The van der Waals surface area contributed by atoms with Gasteiger partial charge in [-0.25, -0.2) is 8.42 Å². The predicted molar refractivity (Wildman–Crippen MR) is 133 cm³/mol. The average Bonchev–Trinajstić information content (AvgIpc) is 2.75. The molecule has 198 valence electrons. The van der Waals surface area contributed by atoms with E-state index in [1.165, 1.54) is 11.8 Å². The van der Waals surface area contributed by atoms with Crippen LogP contribution in [-0.4, -0.2) is 50.0 Å². The molecule has 12 heteroatoms. The standard InChI is InChI=1S/C24H29ClF3N3O4S/c1-15(2)29-23(33)17(4)30(13-18-8-6-16(3)7-9-18)22(32)14-31(36(5,34)35)19-10-11-21(25)20(12-19)24(26,27)28/h6-12,15,17H,13-14H2,1-5H3,(H,29,33). The number of carbonyl (C=O) groups excluding carboxylic acids is 2. The van der Waals surface area contributed by atoms with Gasteiger partial charge in [0.1, 0.15) is 12.6 Å². The van der Waals surface area contributed by atoms with Crippen molar-refractivity contribution >= 4 is 39.1 Å². The highest BCUT2D eigenvalue weighted by atomic mass is 35.5. The van der Waals surface area contributed by atoms with Gasteiger partial charge in [0.25, 0.3) is 0 Å². The number of sulfonamides is 1. The Labute approximate surface area is 214 Å². The van der Waals surface area contributed by atoms with Crippen LogP contribution in [0.4, 0.5) is 18.9 Å². The number of nitrogens with zero attached hydrogens (tertiary/aromatic N) is 2. The molecule has 1 N–H and O–H groups in total. The Morgan fingerprint density at radius 3 is 2.14 bits per heavy atom. The van der Waals surface area contributed by atoms with Crippen molar-refractivity contribution in [3.8, 4) is 0 Å². The van der Waals surface area contributed by atoms with Gasteiger partial charge in [-0.15, -0.1) is 0 Å². The maximum absolute atomic E-state index is 13.4. The normalized spacial score (nSPS) is 12.8. The first-order valence-electron chi connectivity index (χ1n) is 11.0. The summed E-state index contributed by atoms with van der Waals surface area (Å²) in [5, 5.41) is 2.11. The number of hydrogen-bond acceptors (Lipinski definition) is 4. The summed E-state index contributed by atoms with van der Waals surface area (Å²) in [6, 6.07) is 8.58. The van der Waals surface area contributed by atoms with Crippen LogP contribution in [0, 0.1) is 6.92 Å². The van der Waals surface area contributed by atoms with Crippen molar-refractivity contribution in [2.45, 2.75) is 52.5 Å². The first-order chi connectivity index (χ1) is 16.5. The molecule has 36 heavy (non-hydrogen) atoms. The zero-order valence-corrected chi connectivity index (χ0v) is 22.1. The van der Waals surface area contributed by atoms with E-state index in [1.54, 1.807) is 26.0 Å². The Morgan fingerprint density at radius 1 is 1.06 bits per heavy atom. The molecule has 0 heterocycles. The fourth-order valence-electron chi connectivity index (χ4n) is 3.38. The van der Waals surface area contributed by atoms with E-state index >= 15 is 0 Å². The van der Waals surface area contributed by atoms with E-state index in [1.807, 2.05) is 19.1 Å². The quantitative estimate of drug-likeness (QED) is 0.505. The molecule has 2 rings (SSSR count). The van der Waals surface area contributed by atoms with Gasteiger partial charge in [-0.2, -0.15) is 13.2 Å². The molecule has 0 saturated heterocycles. The minimum absolute atomic E-state index is 0.0161. The first-order valence-corrected chi connectivity index (χ1v) is 13.2. The van der Waals surface area contributed by atoms with Crippen LogP contribution in [0.2, 0.25) is 5.02 Å². The molecular weight excluding hydrogens is 519 g/mol. The Morgan fingerprint density at radius 2 is 1.64 bits per heavy atom. The lowest BCUT2D eigenvalue weighted by Gasteiger charge is -2.32. The highest BCUT2D eigenvalue weighted by molar-refractivity contribution is 7.92. The molecule has 2 aromatic carbocycles. The summed E-state index contributed by atoms with van der Waals surface area (Å²) < 4.78 is 65.8. The van der Waals surface area contributed by atoms with E-state index in [4.69, 9.17) is 11.6 Å². The van der Waals surface area contributed by atoms with E-state index in [2.05, 4.69) is 5.32 Å². The Hall–Kier alpha value is -2.79. The molecule has 2 aromatic rings. The monoisotopic (exact) mass is 547 g/mol. The lowest BCUT2D eigenvalue weighted by Crippen LogP contribution is -2.52. The van der Waals surface area contributed by atoms with Crippen molar-refractivity contribution in [3.63, 3.8) is 0 Å². The summed E-state index contributed by atoms with van der Waals surface area (Å²) in [5.41, 5.74) is 0.0599. The van der Waals surface area contributed by atoms with Crippen molar-refractivity contribution in [2.24, 2.45) is 0 Å². The maximum Gasteiger partial charge on any atom is 0.417 e. The van der Waals surface area contributed by atoms with Crippen LogP contribution < -0.4 is 9.62 Å². The fraction of sp³-hybridized carbons (Fsp3) is 0.417. The van der Waals surface area contributed by atoms with Crippen LogP contribution >= 0.6 is 11.6 Å². The molecule has 0 aliphatic rings. The fourth-order valence-corrected chi connectivity index (χ4v) is 4.44. The third-order valence-corrected chi connectivity index (χ3v) is 6.76. The Bertz CT molecular complexity index is 1200. The van der Waals surface area contributed by atoms with Gasteiger partial charge < -0.3 is 10.2 Å². The van der Waals surface area contributed by atoms with Crippen molar-refractivity contribution in [1.29, 1.82) is 0 Å². The molecule has 2 amide bonds. The number of halogens is 4. The van der Waals surface area contributed by atoms with Gasteiger partial charge in [0.2, 0.25) is 21.8 Å². The number of rotatable bonds is 9. The zero-order chi connectivity index (χ0) is 27.4. The number of amides is 2. The first kappa shape index (κ1) is 29.4. The Balaban J connectivity index is 2.47. The van der Waals surface area contributed by atoms with Gasteiger partial charge in [-0.1, -0.05) is 41.4 Å². The van der Waals surface area contributed by atoms with Crippen molar-refractivity contribution in [1.82, 2.24) is 10.2 Å². The number of carbonyl (C=O) groups is 2. The van der Waals surface area contributed by atoms with Crippen LogP contribution in [0.3, 0.4) is 0 Å². The van der Waals surface area contributed by atoms with E-state index in [9.17, 15) is 31.2 Å². The lowest BCUT2D eigenvalue weighted by atomic mass is 10.1. The second-order valence-corrected chi connectivity index (χ2v) is 11.1. The molecule has 1 atom stereocenters. The largest absolute Gasteiger partial charge is 0.417 e. The number of aryl methyl sites for hydroxylation is 1. The van der Waals surface area contributed by atoms with Crippen LogP contribution in [0.25, 0.3) is 0 Å². The van der Waals surface area contributed by atoms with E-state index < -0.39 is 51.2 Å². The van der Waals surface area contributed by atoms with Gasteiger partial charge in [-0.3, -0.25) is 13.9 Å². The summed E-state index contributed by atoms with van der Waals surface area (Å²) in [7, 11) is -4.19. The molecule has 0 saturated carbocycles. The number of benzene rings is 2. The van der Waals surface area contributed by atoms with E-state index in [0.29, 0.717) is 15.9 Å². The number of anilines is 1. The van der Waals surface area contributed by atoms with Gasteiger partial charge >= 0.3 is 6.18 Å². The van der Waals surface area contributed by atoms with Crippen molar-refractivity contribution in [3.05, 3.63) is 64.2 Å². The minimum atomic E-state index is -4.83. The van der Waals surface area contributed by atoms with E-state index in [-0.39, 0.29) is 18.3 Å². The molecule has 7 nitrogen and oxygen atoms in total. The summed E-state index contributed by atoms with van der Waals surface area (Å²) >= 11 is 5.67. The molecule has 0 aromatic heterocycles. The van der Waals surface area contributed by atoms with Crippen LogP contribution in [0.1, 0.15) is 37.5 Å². The number of nitrogens with one attached hydrogen (secondary N) is 1. The minimum Gasteiger partial charge on any atom is -0.352 e. The summed E-state index contributed by atoms with van der Waals surface area (Å²) in [5.74, 6) is -1.22. The molecule has 0 bridgehead atoms. The second kappa shape index (κ2) is 11.5. The third kappa shape index (κ3) is 7.86. The van der Waals surface area contributed by atoms with Crippen LogP contribution in [-0.2, 0) is 32.3 Å². The highest BCUT2D eigenvalue weighted by Gasteiger charge is 2.35. The van der Waals surface area contributed by atoms with Crippen molar-refractivity contribution < 1.29 is 31.2 Å². The van der Waals surface area contributed by atoms with Crippen LogP contribution in [0.5, 0.6) is 0 Å². The van der Waals surface area contributed by atoms with Gasteiger partial charge in [0.15, 0.2) is 0 Å². The van der Waals surface area contributed by atoms with E-state index in [0.717, 1.165) is 24.0 Å². The smallest absolute Gasteiger partial charge is 0.352 e. The highest BCUT2D eigenvalue weighted by Crippen LogP contribution is 2.37. The predicted octanol–water partition coefficient (Wildman–Crippen LogP) is 4.38. The van der Waals surface area contributed by atoms with Gasteiger partial charge in [-0.05, 0) is 51.5 Å². The maximum atomic E-state index is 13.4. The summed E-state index contributed by atoms with van der Waals surface area (Å²) in [4.78, 5) is 27.3. The molecular formula is C24H29ClF3N3O4S. The van der Waals surface area contributed by atoms with Crippen molar-refractivity contribution in [2.75, 3.05) is 17.1 Å². The zero-order valence-electron chi connectivity index (χ0n) is 20.6. The lowest BCUT2D eigenvalue weighted by molar-refractivity contribution is -0.139. The molecule has 0 spiro atoms. The molecule has 0 aliphatic carbocycles. The summed E-state index contributed by atoms with van der Waals surface area (Å²) in [6.45, 7) is 6.05. The number of alkyl halides is 3. The van der Waals surface area contributed by atoms with Crippen LogP contribution in [0.15, 0.2) is 42.5 Å². The third-order valence-electron chi connectivity index (χ3n) is 5.29. The van der Waals surface area contributed by atoms with Gasteiger partial charge in [0.05, 0.1) is 22.5 Å². The molecule has 0 fully saturated rings. The van der Waals surface area contributed by atoms with Gasteiger partial charge in [0, 0.05) is 12.6 Å². The average molecular weight is 548 g/mol. The Kier molecular flexibility index (Phi) is 9.41. The SMILES string of the molecule is Cc1ccc(CN(C(=O)CN(c2ccc(Cl)c(C(F)(F)F)c2)S(C)(=O)=O)C(C)C(=O)NC(C)C)cc1. The molecule has 0 aliphatic heterocycles. The topological polar surface area (TPSA) is 86.8 Å². The molecule has 1 unspecified atom stereocenters. The number of hydrogen-bond donors (Lipinski definition) is 1.